The van der Waals surface area contributed by atoms with Crippen molar-refractivity contribution < 1.29 is 14.7 Å². The fourth-order valence-corrected chi connectivity index (χ4v) is 1.32. The van der Waals surface area contributed by atoms with Gasteiger partial charge in [-0.1, -0.05) is 0 Å². The molecule has 1 aliphatic carbocycles. The summed E-state index contributed by atoms with van der Waals surface area (Å²) >= 11 is 4.07. The van der Waals surface area contributed by atoms with Gasteiger partial charge in [0.05, 0.1) is 6.42 Å². The summed E-state index contributed by atoms with van der Waals surface area (Å²) in [5.74, 6) is 0.0285. The van der Waals surface area contributed by atoms with Crippen molar-refractivity contribution in [1.29, 1.82) is 0 Å². The van der Waals surface area contributed by atoms with E-state index in [-0.39, 0.29) is 5.41 Å². The number of thiol groups is 1. The van der Waals surface area contributed by atoms with Crippen molar-refractivity contribution in [1.82, 2.24) is 4.90 Å². The topological polar surface area (TPSA) is 57.6 Å². The predicted octanol–water partition coefficient (Wildman–Crippen LogP) is 0.875. The molecular weight excluding hydrogens is 202 g/mol. The lowest BCUT2D eigenvalue weighted by atomic mass is 10.1. The van der Waals surface area contributed by atoms with Gasteiger partial charge in [-0.2, -0.15) is 12.6 Å². The van der Waals surface area contributed by atoms with Crippen LogP contribution in [-0.2, 0) is 9.59 Å². The van der Waals surface area contributed by atoms with Crippen molar-refractivity contribution in [2.75, 3.05) is 19.8 Å². The molecule has 0 aromatic heterocycles. The molecular formula is C9H17NO3S. The minimum Gasteiger partial charge on any atom is -0.481 e. The molecule has 1 aliphatic rings. The number of carbonyl (C=O) groups excluding carboxylic acids is 1. The van der Waals surface area contributed by atoms with Gasteiger partial charge in [0.15, 0.2) is 0 Å². The maximum atomic E-state index is 10.2. The Bertz CT molecular complexity index is 202. The maximum Gasteiger partial charge on any atom is 0.303 e. The number of nitrogens with zero attached hydrogens (tertiary/aromatic N) is 1. The molecule has 1 saturated carbocycles. The van der Waals surface area contributed by atoms with E-state index in [4.69, 9.17) is 5.11 Å². The third-order valence-corrected chi connectivity index (χ3v) is 2.70. The van der Waals surface area contributed by atoms with Crippen LogP contribution in [0, 0.1) is 5.41 Å². The normalized spacial score (nSPS) is 16.2. The quantitative estimate of drug-likeness (QED) is 0.545. The van der Waals surface area contributed by atoms with Crippen LogP contribution < -0.4 is 0 Å². The molecule has 0 aromatic rings. The number of carboxylic acid groups (broad SMARTS) is 1. The first kappa shape index (κ1) is 13.3. The van der Waals surface area contributed by atoms with E-state index >= 15 is 0 Å². The lowest BCUT2D eigenvalue weighted by Gasteiger charge is -2.05. The summed E-state index contributed by atoms with van der Waals surface area (Å²) in [7, 11) is 3.38. The van der Waals surface area contributed by atoms with Crippen molar-refractivity contribution >= 4 is 25.0 Å². The number of rotatable bonds is 4. The highest BCUT2D eigenvalue weighted by molar-refractivity contribution is 7.80. The standard InChI is InChI=1S/C6H10O2S.C3H7NO/c7-5(8)3-6(4-9)1-2-6;1-4(2)3-5/h9H,1-4H2,(H,7,8);3H,1-2H3. The summed E-state index contributed by atoms with van der Waals surface area (Å²) in [6.07, 6.45) is 3.14. The lowest BCUT2D eigenvalue weighted by molar-refractivity contribution is -0.138. The van der Waals surface area contributed by atoms with Gasteiger partial charge < -0.3 is 10.0 Å². The number of carboxylic acids is 1. The van der Waals surface area contributed by atoms with Crippen molar-refractivity contribution in [3.63, 3.8) is 0 Å². The van der Waals surface area contributed by atoms with E-state index in [1.54, 1.807) is 14.1 Å². The zero-order chi connectivity index (χ0) is 11.2. The van der Waals surface area contributed by atoms with Gasteiger partial charge in [0.2, 0.25) is 6.41 Å². The van der Waals surface area contributed by atoms with Crippen LogP contribution >= 0.6 is 12.6 Å². The Labute approximate surface area is 89.7 Å². The molecule has 1 rings (SSSR count). The minimum absolute atomic E-state index is 0.0783. The highest BCUT2D eigenvalue weighted by Gasteiger charge is 2.42. The summed E-state index contributed by atoms with van der Waals surface area (Å²) in [5.41, 5.74) is 0.0783. The van der Waals surface area contributed by atoms with E-state index in [1.807, 2.05) is 0 Å². The predicted molar refractivity (Wildman–Crippen MR) is 57.5 cm³/mol. The molecule has 0 unspecified atom stereocenters. The van der Waals surface area contributed by atoms with Gasteiger partial charge in [-0.3, -0.25) is 9.59 Å². The molecule has 0 aliphatic heterocycles. The third kappa shape index (κ3) is 5.85. The van der Waals surface area contributed by atoms with Crippen LogP contribution in [0.1, 0.15) is 19.3 Å². The molecule has 0 spiro atoms. The molecule has 0 atom stereocenters. The molecule has 5 heteroatoms. The van der Waals surface area contributed by atoms with E-state index in [0.29, 0.717) is 6.42 Å². The second-order valence-corrected chi connectivity index (χ2v) is 4.11. The van der Waals surface area contributed by atoms with Gasteiger partial charge in [-0.25, -0.2) is 0 Å². The highest BCUT2D eigenvalue weighted by atomic mass is 32.1. The van der Waals surface area contributed by atoms with Gasteiger partial charge >= 0.3 is 5.97 Å². The summed E-state index contributed by atoms with van der Waals surface area (Å²) in [6.45, 7) is 0. The van der Waals surface area contributed by atoms with E-state index in [1.165, 1.54) is 4.90 Å². The monoisotopic (exact) mass is 219 g/mol. The molecule has 4 nitrogen and oxygen atoms in total. The molecule has 1 N–H and O–H groups in total. The Hall–Kier alpha value is -0.710. The fourth-order valence-electron chi connectivity index (χ4n) is 0.888. The van der Waals surface area contributed by atoms with E-state index in [0.717, 1.165) is 25.0 Å². The van der Waals surface area contributed by atoms with Crippen LogP contribution in [0.4, 0.5) is 0 Å². The van der Waals surface area contributed by atoms with Gasteiger partial charge in [0.25, 0.3) is 0 Å². The van der Waals surface area contributed by atoms with E-state index in [2.05, 4.69) is 12.6 Å². The molecule has 1 fully saturated rings. The fraction of sp³-hybridized carbons (Fsp3) is 0.778. The lowest BCUT2D eigenvalue weighted by Crippen LogP contribution is -2.09. The van der Waals surface area contributed by atoms with Crippen LogP contribution in [0.3, 0.4) is 0 Å². The average molecular weight is 219 g/mol. The SMILES string of the molecule is CN(C)C=O.O=C(O)CC1(CS)CC1. The Balaban J connectivity index is 0.000000292. The smallest absolute Gasteiger partial charge is 0.303 e. The van der Waals surface area contributed by atoms with Crippen molar-refractivity contribution in [2.45, 2.75) is 19.3 Å². The summed E-state index contributed by atoms with van der Waals surface area (Å²) in [6, 6.07) is 0. The van der Waals surface area contributed by atoms with Crippen LogP contribution in [0.15, 0.2) is 0 Å². The van der Waals surface area contributed by atoms with Gasteiger partial charge in [0.1, 0.15) is 0 Å². The maximum absolute atomic E-state index is 10.2. The first-order chi connectivity index (χ1) is 6.45. The van der Waals surface area contributed by atoms with E-state index < -0.39 is 5.97 Å². The molecule has 14 heavy (non-hydrogen) atoms. The number of carbonyl (C=O) groups is 2. The second-order valence-electron chi connectivity index (χ2n) is 3.80. The number of hydrogen-bond donors (Lipinski definition) is 2. The Morgan fingerprint density at radius 1 is 1.57 bits per heavy atom. The second kappa shape index (κ2) is 5.90. The van der Waals surface area contributed by atoms with Crippen LogP contribution in [0.2, 0.25) is 0 Å². The number of amides is 1. The average Bonchev–Trinajstić information content (AvgIpc) is 2.85. The highest BCUT2D eigenvalue weighted by Crippen LogP contribution is 2.49. The number of hydrogen-bond acceptors (Lipinski definition) is 3. The van der Waals surface area contributed by atoms with Crippen molar-refractivity contribution in [3.05, 3.63) is 0 Å². The van der Waals surface area contributed by atoms with Gasteiger partial charge in [-0.15, -0.1) is 0 Å². The van der Waals surface area contributed by atoms with Gasteiger partial charge in [-0.05, 0) is 24.0 Å². The molecule has 0 saturated heterocycles. The van der Waals surface area contributed by atoms with Crippen LogP contribution in [0.5, 0.6) is 0 Å². The third-order valence-electron chi connectivity index (χ3n) is 2.03. The molecule has 0 aromatic carbocycles. The molecule has 0 radical (unpaired) electrons. The van der Waals surface area contributed by atoms with Crippen molar-refractivity contribution in [2.24, 2.45) is 5.41 Å². The molecule has 82 valence electrons. The minimum atomic E-state index is -0.693. The molecule has 1 amide bonds. The zero-order valence-electron chi connectivity index (χ0n) is 8.56. The molecule has 0 heterocycles. The first-order valence-corrected chi connectivity index (χ1v) is 5.03. The summed E-state index contributed by atoms with van der Waals surface area (Å²) < 4.78 is 0. The van der Waals surface area contributed by atoms with Gasteiger partial charge in [0, 0.05) is 14.1 Å². The van der Waals surface area contributed by atoms with Crippen LogP contribution in [0.25, 0.3) is 0 Å². The van der Waals surface area contributed by atoms with E-state index in [9.17, 15) is 9.59 Å². The first-order valence-electron chi connectivity index (χ1n) is 4.40. The number of aliphatic carboxylic acids is 1. The summed E-state index contributed by atoms with van der Waals surface area (Å²) in [5, 5.41) is 8.39. The van der Waals surface area contributed by atoms with Crippen molar-refractivity contribution in [3.8, 4) is 0 Å². The largest absolute Gasteiger partial charge is 0.481 e. The Kier molecular flexibility index (Phi) is 5.60. The summed E-state index contributed by atoms with van der Waals surface area (Å²) in [4.78, 5) is 21.1. The molecule has 0 bridgehead atoms. The Morgan fingerprint density at radius 2 is 2.00 bits per heavy atom. The Morgan fingerprint density at radius 3 is 2.07 bits per heavy atom. The van der Waals surface area contributed by atoms with Crippen LogP contribution in [-0.4, -0.2) is 42.2 Å². The zero-order valence-corrected chi connectivity index (χ0v) is 9.46.